The maximum Gasteiger partial charge on any atom is 0.0739 e. The van der Waals surface area contributed by atoms with Gasteiger partial charge in [-0.25, -0.2) is 0 Å². The van der Waals surface area contributed by atoms with Gasteiger partial charge in [0.15, 0.2) is 0 Å². The van der Waals surface area contributed by atoms with Crippen LogP contribution in [0.25, 0.3) is 0 Å². The summed E-state index contributed by atoms with van der Waals surface area (Å²) in [5.74, 6) is 0. The fraction of sp³-hybridized carbons (Fsp3) is 0.357. The second-order valence-corrected chi connectivity index (χ2v) is 5.56. The highest BCUT2D eigenvalue weighted by atomic mass is 79.9. The minimum Gasteiger partial charge on any atom is -0.379 e. The van der Waals surface area contributed by atoms with E-state index in [0.29, 0.717) is 0 Å². The quantitative estimate of drug-likeness (QED) is 0.938. The summed E-state index contributed by atoms with van der Waals surface area (Å²) in [6.45, 7) is 2.75. The Balaban J connectivity index is 2.12. The summed E-state index contributed by atoms with van der Waals surface area (Å²) in [4.78, 5) is 2.09. The third-order valence-corrected chi connectivity index (χ3v) is 4.12. The molecule has 5 heteroatoms. The van der Waals surface area contributed by atoms with Crippen LogP contribution in [0.2, 0.25) is 0 Å². The van der Waals surface area contributed by atoms with E-state index in [0.717, 1.165) is 28.1 Å². The summed E-state index contributed by atoms with van der Waals surface area (Å²) in [7, 11) is 6.05. The van der Waals surface area contributed by atoms with Crippen molar-refractivity contribution in [2.45, 2.75) is 13.5 Å². The van der Waals surface area contributed by atoms with Gasteiger partial charge in [-0.3, -0.25) is 4.68 Å². The van der Waals surface area contributed by atoms with Gasteiger partial charge in [-0.2, -0.15) is 5.10 Å². The molecule has 0 saturated heterocycles. The molecule has 0 saturated carbocycles. The van der Waals surface area contributed by atoms with Gasteiger partial charge in [0.05, 0.1) is 22.4 Å². The number of nitrogens with one attached hydrogen (secondary N) is 1. The lowest BCUT2D eigenvalue weighted by atomic mass is 10.2. The van der Waals surface area contributed by atoms with Crippen LogP contribution >= 0.6 is 15.9 Å². The number of hydrogen-bond acceptors (Lipinski definition) is 3. The summed E-state index contributed by atoms with van der Waals surface area (Å²) in [5.41, 5.74) is 4.45. The van der Waals surface area contributed by atoms with Gasteiger partial charge < -0.3 is 10.2 Å². The molecule has 0 aliphatic carbocycles. The monoisotopic (exact) mass is 322 g/mol. The number of halogens is 1. The lowest BCUT2D eigenvalue weighted by molar-refractivity contribution is 0.712. The van der Waals surface area contributed by atoms with E-state index in [1.54, 1.807) is 0 Å². The molecule has 1 N–H and O–H groups in total. The Bertz CT molecular complexity index is 575. The number of benzene rings is 1. The van der Waals surface area contributed by atoms with Crippen molar-refractivity contribution in [3.05, 3.63) is 40.1 Å². The van der Waals surface area contributed by atoms with Crippen molar-refractivity contribution in [3.8, 4) is 0 Å². The first-order valence-corrected chi connectivity index (χ1v) is 6.97. The molecule has 0 radical (unpaired) electrons. The fourth-order valence-corrected chi connectivity index (χ4v) is 2.43. The molecule has 1 aromatic heterocycles. The third kappa shape index (κ3) is 3.10. The molecule has 0 fully saturated rings. The van der Waals surface area contributed by atoms with Crippen molar-refractivity contribution in [3.63, 3.8) is 0 Å². The normalized spacial score (nSPS) is 10.6. The van der Waals surface area contributed by atoms with E-state index >= 15 is 0 Å². The standard InChI is InChI=1S/C14H19BrN4/c1-10-14(15)13(19(4)17-10)9-16-11-6-5-7-12(8-11)18(2)3/h5-8,16H,9H2,1-4H3. The summed E-state index contributed by atoms with van der Waals surface area (Å²) in [5, 5.41) is 7.82. The number of aryl methyl sites for hydroxylation is 2. The van der Waals surface area contributed by atoms with Crippen molar-refractivity contribution in [2.75, 3.05) is 24.3 Å². The zero-order chi connectivity index (χ0) is 14.0. The second-order valence-electron chi connectivity index (χ2n) is 4.77. The molecule has 0 bridgehead atoms. The average Bonchev–Trinajstić information content (AvgIpc) is 2.61. The first kappa shape index (κ1) is 13.9. The lowest BCUT2D eigenvalue weighted by Gasteiger charge is -2.14. The predicted molar refractivity (Wildman–Crippen MR) is 83.7 cm³/mol. The molecule has 4 nitrogen and oxygen atoms in total. The van der Waals surface area contributed by atoms with E-state index in [1.807, 2.05) is 32.7 Å². The molecule has 102 valence electrons. The van der Waals surface area contributed by atoms with Gasteiger partial charge in [0.25, 0.3) is 0 Å². The van der Waals surface area contributed by atoms with Gasteiger partial charge in [-0.15, -0.1) is 0 Å². The molecule has 1 aromatic carbocycles. The molecule has 2 aromatic rings. The number of hydrogen-bond donors (Lipinski definition) is 1. The van der Waals surface area contributed by atoms with Crippen molar-refractivity contribution < 1.29 is 0 Å². The zero-order valence-corrected chi connectivity index (χ0v) is 13.3. The van der Waals surface area contributed by atoms with E-state index < -0.39 is 0 Å². The number of anilines is 2. The lowest BCUT2D eigenvalue weighted by Crippen LogP contribution is -2.10. The molecule has 19 heavy (non-hydrogen) atoms. The molecular formula is C14H19BrN4. The van der Waals surface area contributed by atoms with Gasteiger partial charge in [0.2, 0.25) is 0 Å². The van der Waals surface area contributed by atoms with Crippen molar-refractivity contribution >= 4 is 27.3 Å². The highest BCUT2D eigenvalue weighted by molar-refractivity contribution is 9.10. The van der Waals surface area contributed by atoms with Crippen molar-refractivity contribution in [1.29, 1.82) is 0 Å². The van der Waals surface area contributed by atoms with E-state index in [-0.39, 0.29) is 0 Å². The summed E-state index contributed by atoms with van der Waals surface area (Å²) < 4.78 is 2.98. The Kier molecular flexibility index (Phi) is 4.14. The van der Waals surface area contributed by atoms with E-state index in [2.05, 4.69) is 55.5 Å². The molecule has 0 spiro atoms. The minimum absolute atomic E-state index is 0.745. The molecule has 0 aliphatic heterocycles. The van der Waals surface area contributed by atoms with Gasteiger partial charge in [-0.05, 0) is 41.1 Å². The summed E-state index contributed by atoms with van der Waals surface area (Å²) in [6, 6.07) is 8.36. The second kappa shape index (κ2) is 5.65. The first-order valence-electron chi connectivity index (χ1n) is 6.18. The van der Waals surface area contributed by atoms with Crippen molar-refractivity contribution in [2.24, 2.45) is 7.05 Å². The van der Waals surface area contributed by atoms with Gasteiger partial charge in [-0.1, -0.05) is 6.07 Å². The highest BCUT2D eigenvalue weighted by Crippen LogP contribution is 2.22. The Morgan fingerprint density at radius 3 is 2.68 bits per heavy atom. The molecular weight excluding hydrogens is 304 g/mol. The number of nitrogens with zero attached hydrogens (tertiary/aromatic N) is 3. The molecule has 0 atom stereocenters. The van der Waals surface area contributed by atoms with Gasteiger partial charge in [0, 0.05) is 32.5 Å². The maximum absolute atomic E-state index is 4.39. The van der Waals surface area contributed by atoms with Crippen LogP contribution in [0, 0.1) is 6.92 Å². The minimum atomic E-state index is 0.745. The van der Waals surface area contributed by atoms with Crippen LogP contribution in [-0.4, -0.2) is 23.9 Å². The van der Waals surface area contributed by atoms with Gasteiger partial charge in [0.1, 0.15) is 0 Å². The average molecular weight is 323 g/mol. The fourth-order valence-electron chi connectivity index (χ4n) is 1.95. The highest BCUT2D eigenvalue weighted by Gasteiger charge is 2.10. The van der Waals surface area contributed by atoms with E-state index in [4.69, 9.17) is 0 Å². The third-order valence-electron chi connectivity index (χ3n) is 3.08. The maximum atomic E-state index is 4.39. The largest absolute Gasteiger partial charge is 0.379 e. The number of rotatable bonds is 4. The van der Waals surface area contributed by atoms with Crippen LogP contribution in [0.5, 0.6) is 0 Å². The van der Waals surface area contributed by atoms with Gasteiger partial charge >= 0.3 is 0 Å². The van der Waals surface area contributed by atoms with Crippen LogP contribution in [0.15, 0.2) is 28.7 Å². The Labute approximate surface area is 122 Å². The van der Waals surface area contributed by atoms with Crippen LogP contribution in [0.1, 0.15) is 11.4 Å². The molecule has 1 heterocycles. The summed E-state index contributed by atoms with van der Waals surface area (Å²) in [6.07, 6.45) is 0. The van der Waals surface area contributed by atoms with Crippen molar-refractivity contribution in [1.82, 2.24) is 9.78 Å². The zero-order valence-electron chi connectivity index (χ0n) is 11.7. The Morgan fingerprint density at radius 2 is 2.11 bits per heavy atom. The topological polar surface area (TPSA) is 33.1 Å². The van der Waals surface area contributed by atoms with Crippen LogP contribution in [0.3, 0.4) is 0 Å². The smallest absolute Gasteiger partial charge is 0.0739 e. The van der Waals surface area contributed by atoms with Crippen LogP contribution in [0.4, 0.5) is 11.4 Å². The number of aromatic nitrogens is 2. The predicted octanol–water partition coefficient (Wildman–Crippen LogP) is 3.17. The SMILES string of the molecule is Cc1nn(C)c(CNc2cccc(N(C)C)c2)c1Br. The van der Waals surface area contributed by atoms with Crippen LogP contribution < -0.4 is 10.2 Å². The van der Waals surface area contributed by atoms with E-state index in [1.165, 1.54) is 5.69 Å². The van der Waals surface area contributed by atoms with Crippen LogP contribution in [-0.2, 0) is 13.6 Å². The Morgan fingerprint density at radius 1 is 1.37 bits per heavy atom. The summed E-state index contributed by atoms with van der Waals surface area (Å²) >= 11 is 3.58. The molecule has 0 unspecified atom stereocenters. The van der Waals surface area contributed by atoms with E-state index in [9.17, 15) is 0 Å². The first-order chi connectivity index (χ1) is 8.99. The molecule has 2 rings (SSSR count). The Hall–Kier alpha value is -1.49. The molecule has 0 aliphatic rings. The molecule has 0 amide bonds.